The summed E-state index contributed by atoms with van der Waals surface area (Å²) >= 11 is 1.37. The average Bonchev–Trinajstić information content (AvgIpc) is 2.84. The van der Waals surface area contributed by atoms with E-state index in [1.807, 2.05) is 24.3 Å². The van der Waals surface area contributed by atoms with Gasteiger partial charge in [0.1, 0.15) is 11.2 Å². The predicted octanol–water partition coefficient (Wildman–Crippen LogP) is 5.27. The Balaban J connectivity index is 1.82. The monoisotopic (exact) mass is 296 g/mol. The number of benzene rings is 2. The number of thioether (sulfide) groups is 1. The number of carbonyl (C=O) groups excluding carboxylic acids is 1. The molecule has 0 atom stereocenters. The van der Waals surface area contributed by atoms with Gasteiger partial charge in [-0.25, -0.2) is 0 Å². The zero-order chi connectivity index (χ0) is 14.7. The van der Waals surface area contributed by atoms with Crippen LogP contribution in [0.3, 0.4) is 0 Å². The maximum atomic E-state index is 10.8. The number of furan rings is 1. The highest BCUT2D eigenvalue weighted by molar-refractivity contribution is 8.13. The summed E-state index contributed by atoms with van der Waals surface area (Å²) in [7, 11) is 0. The number of hydrogen-bond acceptors (Lipinski definition) is 3. The summed E-state index contributed by atoms with van der Waals surface area (Å²) < 4.78 is 5.81. The Morgan fingerprint density at radius 3 is 2.81 bits per heavy atom. The van der Waals surface area contributed by atoms with Crippen LogP contribution in [0.1, 0.15) is 18.9 Å². The molecule has 1 heterocycles. The van der Waals surface area contributed by atoms with Crippen LogP contribution in [0.15, 0.2) is 53.0 Å². The number of allylic oxidation sites excluding steroid dienone is 1. The molecule has 0 amide bonds. The Bertz CT molecular complexity index is 814. The smallest absolute Gasteiger partial charge is 0.185 e. The Kier molecular flexibility index (Phi) is 4.11. The molecule has 0 unspecified atom stereocenters. The number of fused-ring (bicyclic) bond motifs is 3. The molecule has 106 valence electrons. The van der Waals surface area contributed by atoms with Crippen molar-refractivity contribution in [1.29, 1.82) is 0 Å². The van der Waals surface area contributed by atoms with Gasteiger partial charge < -0.3 is 4.42 Å². The first-order valence-electron chi connectivity index (χ1n) is 6.95. The quantitative estimate of drug-likeness (QED) is 0.614. The van der Waals surface area contributed by atoms with Gasteiger partial charge in [0, 0.05) is 23.4 Å². The van der Waals surface area contributed by atoms with E-state index in [1.54, 1.807) is 6.92 Å². The third kappa shape index (κ3) is 3.19. The first-order valence-corrected chi connectivity index (χ1v) is 7.94. The van der Waals surface area contributed by atoms with Gasteiger partial charge in [-0.05, 0) is 30.2 Å². The van der Waals surface area contributed by atoms with Crippen LogP contribution >= 0.6 is 11.8 Å². The van der Waals surface area contributed by atoms with Gasteiger partial charge in [-0.2, -0.15) is 0 Å². The van der Waals surface area contributed by atoms with Crippen molar-refractivity contribution in [2.75, 3.05) is 5.75 Å². The molecular weight excluding hydrogens is 280 g/mol. The van der Waals surface area contributed by atoms with E-state index >= 15 is 0 Å². The molecule has 2 nitrogen and oxygen atoms in total. The van der Waals surface area contributed by atoms with E-state index in [0.717, 1.165) is 39.7 Å². The standard InChI is InChI=1S/C18H16O2S/c1-13(19)21-11-5-4-6-14-9-10-18-16(12-14)15-7-2-3-8-17(15)20-18/h2-4,6-10,12H,5,11H2,1H3. The molecule has 0 saturated heterocycles. The summed E-state index contributed by atoms with van der Waals surface area (Å²) in [5, 5.41) is 2.47. The van der Waals surface area contributed by atoms with Crippen LogP contribution in [0, 0.1) is 0 Å². The molecule has 0 bridgehead atoms. The molecule has 0 aliphatic heterocycles. The van der Waals surface area contributed by atoms with Crippen LogP contribution in [0.25, 0.3) is 28.0 Å². The lowest BCUT2D eigenvalue weighted by Gasteiger charge is -1.95. The summed E-state index contributed by atoms with van der Waals surface area (Å²) in [4.78, 5) is 10.8. The fourth-order valence-corrected chi connectivity index (χ4v) is 2.88. The van der Waals surface area contributed by atoms with Gasteiger partial charge in [-0.3, -0.25) is 4.79 Å². The first-order chi connectivity index (χ1) is 10.2. The van der Waals surface area contributed by atoms with Crippen molar-refractivity contribution in [2.45, 2.75) is 13.3 Å². The van der Waals surface area contributed by atoms with E-state index in [0.29, 0.717) is 0 Å². The van der Waals surface area contributed by atoms with Gasteiger partial charge >= 0.3 is 0 Å². The molecule has 21 heavy (non-hydrogen) atoms. The van der Waals surface area contributed by atoms with Crippen LogP contribution in [-0.2, 0) is 4.79 Å². The highest BCUT2D eigenvalue weighted by Gasteiger charge is 2.05. The van der Waals surface area contributed by atoms with Crippen LogP contribution in [0.2, 0.25) is 0 Å². The lowest BCUT2D eigenvalue weighted by molar-refractivity contribution is -0.109. The summed E-state index contributed by atoms with van der Waals surface area (Å²) in [5.41, 5.74) is 2.99. The molecule has 3 rings (SSSR count). The van der Waals surface area contributed by atoms with E-state index in [4.69, 9.17) is 4.42 Å². The molecule has 0 spiro atoms. The predicted molar refractivity (Wildman–Crippen MR) is 90.5 cm³/mol. The van der Waals surface area contributed by atoms with Gasteiger partial charge in [0.25, 0.3) is 0 Å². The normalized spacial score (nSPS) is 11.7. The minimum atomic E-state index is 0.176. The van der Waals surface area contributed by atoms with E-state index < -0.39 is 0 Å². The summed E-state index contributed by atoms with van der Waals surface area (Å²) in [6, 6.07) is 14.3. The molecule has 0 saturated carbocycles. The van der Waals surface area contributed by atoms with Crippen molar-refractivity contribution in [3.63, 3.8) is 0 Å². The van der Waals surface area contributed by atoms with Crippen LogP contribution in [0.4, 0.5) is 0 Å². The molecule has 1 aromatic heterocycles. The van der Waals surface area contributed by atoms with Gasteiger partial charge in [-0.15, -0.1) is 0 Å². The highest BCUT2D eigenvalue weighted by atomic mass is 32.2. The van der Waals surface area contributed by atoms with Crippen molar-refractivity contribution < 1.29 is 9.21 Å². The second-order valence-corrected chi connectivity index (χ2v) is 6.16. The summed E-state index contributed by atoms with van der Waals surface area (Å²) in [5.74, 6) is 0.836. The molecule has 3 heteroatoms. The van der Waals surface area contributed by atoms with Gasteiger partial charge in [0.15, 0.2) is 5.12 Å². The topological polar surface area (TPSA) is 30.2 Å². The zero-order valence-electron chi connectivity index (χ0n) is 11.8. The van der Waals surface area contributed by atoms with Crippen LogP contribution in [0.5, 0.6) is 0 Å². The van der Waals surface area contributed by atoms with Crippen LogP contribution < -0.4 is 0 Å². The zero-order valence-corrected chi connectivity index (χ0v) is 12.7. The average molecular weight is 296 g/mol. The Morgan fingerprint density at radius 2 is 1.95 bits per heavy atom. The van der Waals surface area contributed by atoms with Crippen molar-refractivity contribution in [1.82, 2.24) is 0 Å². The minimum Gasteiger partial charge on any atom is -0.456 e. The van der Waals surface area contributed by atoms with Gasteiger partial charge in [0.2, 0.25) is 0 Å². The Labute approximate surface area is 127 Å². The van der Waals surface area contributed by atoms with E-state index in [-0.39, 0.29) is 5.12 Å². The number of carbonyl (C=O) groups is 1. The fourth-order valence-electron chi connectivity index (χ4n) is 2.34. The van der Waals surface area contributed by atoms with Crippen molar-refractivity contribution >= 4 is 44.9 Å². The van der Waals surface area contributed by atoms with Gasteiger partial charge in [-0.1, -0.05) is 48.2 Å². The first kappa shape index (κ1) is 14.0. The number of hydrogen-bond donors (Lipinski definition) is 0. The molecule has 3 aromatic rings. The second kappa shape index (κ2) is 6.19. The van der Waals surface area contributed by atoms with Crippen molar-refractivity contribution in [3.8, 4) is 0 Å². The highest BCUT2D eigenvalue weighted by Crippen LogP contribution is 2.29. The van der Waals surface area contributed by atoms with E-state index in [9.17, 15) is 4.79 Å². The lowest BCUT2D eigenvalue weighted by Crippen LogP contribution is -1.83. The van der Waals surface area contributed by atoms with Crippen molar-refractivity contribution in [3.05, 3.63) is 54.1 Å². The molecule has 0 aliphatic carbocycles. The third-order valence-corrected chi connectivity index (χ3v) is 4.15. The summed E-state index contributed by atoms with van der Waals surface area (Å²) in [6.07, 6.45) is 5.11. The van der Waals surface area contributed by atoms with E-state index in [1.165, 1.54) is 11.8 Å². The fraction of sp³-hybridized carbons (Fsp3) is 0.167. The largest absolute Gasteiger partial charge is 0.456 e. The summed E-state index contributed by atoms with van der Waals surface area (Å²) in [6.45, 7) is 1.60. The van der Waals surface area contributed by atoms with Crippen molar-refractivity contribution in [2.24, 2.45) is 0 Å². The Morgan fingerprint density at radius 1 is 1.14 bits per heavy atom. The molecular formula is C18H16O2S. The maximum Gasteiger partial charge on any atom is 0.185 e. The molecule has 2 aromatic carbocycles. The molecule has 0 fully saturated rings. The van der Waals surface area contributed by atoms with E-state index in [2.05, 4.69) is 30.4 Å². The van der Waals surface area contributed by atoms with Gasteiger partial charge in [0.05, 0.1) is 0 Å². The third-order valence-electron chi connectivity index (χ3n) is 3.30. The van der Waals surface area contributed by atoms with Crippen LogP contribution in [-0.4, -0.2) is 10.9 Å². The Hall–Kier alpha value is -2.00. The SMILES string of the molecule is CC(=O)SCCC=Cc1ccc2oc3ccccc3c2c1. The molecule has 0 aliphatic rings. The number of para-hydroxylation sites is 1. The maximum absolute atomic E-state index is 10.8. The number of rotatable bonds is 4. The molecule has 0 N–H and O–H groups in total. The second-order valence-electron chi connectivity index (χ2n) is 4.88. The lowest BCUT2D eigenvalue weighted by atomic mass is 10.1. The minimum absolute atomic E-state index is 0.176. The molecule has 0 radical (unpaired) electrons.